The molecule has 0 radical (unpaired) electrons. The fourth-order valence-electron chi connectivity index (χ4n) is 2.36. The van der Waals surface area contributed by atoms with E-state index in [-0.39, 0.29) is 21.7 Å². The van der Waals surface area contributed by atoms with Crippen LogP contribution >= 0.6 is 0 Å². The van der Waals surface area contributed by atoms with E-state index in [2.05, 4.69) is 19.7 Å². The van der Waals surface area contributed by atoms with E-state index in [9.17, 15) is 18.3 Å². The van der Waals surface area contributed by atoms with Crippen molar-refractivity contribution in [2.45, 2.75) is 5.03 Å². The molecular weight excluding hydrogens is 362 g/mol. The topological polar surface area (TPSA) is 128 Å². The fraction of sp³-hybridized carbons (Fsp3) is 0.200. The molecule has 0 aliphatic heterocycles. The van der Waals surface area contributed by atoms with Crippen LogP contribution in [-0.4, -0.2) is 53.2 Å². The van der Waals surface area contributed by atoms with E-state index in [0.717, 1.165) is 11.4 Å². The van der Waals surface area contributed by atoms with Gasteiger partial charge in [0.25, 0.3) is 10.0 Å². The molecule has 0 saturated carbocycles. The maximum atomic E-state index is 12.8. The SMILES string of the molecule is COC(=O)c1nc(N(C)S(=O)(=O)c2cn(C)cn2)c2cccnc2c1O. The van der Waals surface area contributed by atoms with Crippen LogP contribution in [0.4, 0.5) is 5.82 Å². The van der Waals surface area contributed by atoms with Gasteiger partial charge in [-0.05, 0) is 12.1 Å². The second-order valence-electron chi connectivity index (χ2n) is 5.37. The van der Waals surface area contributed by atoms with Crippen LogP contribution in [-0.2, 0) is 21.8 Å². The molecule has 0 aromatic carbocycles. The van der Waals surface area contributed by atoms with Crippen LogP contribution in [0.1, 0.15) is 10.5 Å². The molecular formula is C15H15N5O5S. The van der Waals surface area contributed by atoms with Crippen molar-refractivity contribution >= 4 is 32.7 Å². The number of ether oxygens (including phenoxy) is 1. The van der Waals surface area contributed by atoms with Crippen LogP contribution < -0.4 is 4.31 Å². The molecule has 1 N–H and O–H groups in total. The van der Waals surface area contributed by atoms with E-state index >= 15 is 0 Å². The van der Waals surface area contributed by atoms with Crippen LogP contribution in [0.3, 0.4) is 0 Å². The number of pyridine rings is 2. The molecule has 0 bridgehead atoms. The third kappa shape index (κ3) is 2.71. The van der Waals surface area contributed by atoms with Gasteiger partial charge in [-0.3, -0.25) is 9.29 Å². The van der Waals surface area contributed by atoms with Crippen molar-refractivity contribution in [1.82, 2.24) is 19.5 Å². The number of hydrogen-bond acceptors (Lipinski definition) is 8. The lowest BCUT2D eigenvalue weighted by atomic mass is 10.2. The summed E-state index contributed by atoms with van der Waals surface area (Å²) in [7, 11) is -0.00915. The Bertz CT molecular complexity index is 1110. The van der Waals surface area contributed by atoms with Gasteiger partial charge in [-0.2, -0.15) is 8.42 Å². The van der Waals surface area contributed by atoms with Gasteiger partial charge in [-0.25, -0.2) is 14.8 Å². The summed E-state index contributed by atoms with van der Waals surface area (Å²) in [6.45, 7) is 0. The van der Waals surface area contributed by atoms with Crippen LogP contribution in [0.15, 0.2) is 35.9 Å². The summed E-state index contributed by atoms with van der Waals surface area (Å²) in [4.78, 5) is 23.8. The third-order valence-corrected chi connectivity index (χ3v) is 5.33. The smallest absolute Gasteiger partial charge is 0.360 e. The highest BCUT2D eigenvalue weighted by atomic mass is 32.2. The lowest BCUT2D eigenvalue weighted by Gasteiger charge is -2.19. The molecule has 26 heavy (non-hydrogen) atoms. The number of aromatic hydroxyl groups is 1. The van der Waals surface area contributed by atoms with Crippen molar-refractivity contribution in [3.63, 3.8) is 0 Å². The molecule has 0 aliphatic carbocycles. The molecule has 3 aromatic rings. The van der Waals surface area contributed by atoms with Gasteiger partial charge in [0.2, 0.25) is 0 Å². The van der Waals surface area contributed by atoms with Gasteiger partial charge in [0.1, 0.15) is 5.52 Å². The first-order valence-corrected chi connectivity index (χ1v) is 8.74. The quantitative estimate of drug-likeness (QED) is 0.658. The van der Waals surface area contributed by atoms with Gasteiger partial charge in [0, 0.05) is 31.9 Å². The number of sulfonamides is 1. The Hall–Kier alpha value is -3.21. The Morgan fingerprint density at radius 2 is 2.08 bits per heavy atom. The minimum Gasteiger partial charge on any atom is -0.504 e. The molecule has 3 rings (SSSR count). The molecule has 3 aromatic heterocycles. The second kappa shape index (κ2) is 6.26. The summed E-state index contributed by atoms with van der Waals surface area (Å²) < 4.78 is 32.6. The number of methoxy groups -OCH3 is 1. The zero-order valence-electron chi connectivity index (χ0n) is 14.1. The highest BCUT2D eigenvalue weighted by Crippen LogP contribution is 2.34. The summed E-state index contributed by atoms with van der Waals surface area (Å²) in [5.41, 5.74) is -0.405. The van der Waals surface area contributed by atoms with Crippen molar-refractivity contribution in [3.8, 4) is 5.75 Å². The zero-order chi connectivity index (χ0) is 19.1. The monoisotopic (exact) mass is 377 g/mol. The Morgan fingerprint density at radius 3 is 2.69 bits per heavy atom. The molecule has 0 saturated heterocycles. The van der Waals surface area contributed by atoms with Crippen molar-refractivity contribution in [3.05, 3.63) is 36.5 Å². The maximum Gasteiger partial charge on any atom is 0.360 e. The first-order valence-electron chi connectivity index (χ1n) is 7.30. The van der Waals surface area contributed by atoms with Crippen molar-refractivity contribution < 1.29 is 23.1 Å². The van der Waals surface area contributed by atoms with E-state index < -0.39 is 27.4 Å². The van der Waals surface area contributed by atoms with Crippen LogP contribution in [0.2, 0.25) is 0 Å². The molecule has 0 unspecified atom stereocenters. The molecule has 0 spiro atoms. The second-order valence-corrected chi connectivity index (χ2v) is 7.29. The molecule has 3 heterocycles. The van der Waals surface area contributed by atoms with Crippen LogP contribution in [0.25, 0.3) is 10.9 Å². The Kier molecular flexibility index (Phi) is 4.24. The predicted molar refractivity (Wildman–Crippen MR) is 91.3 cm³/mol. The molecule has 11 heteroatoms. The number of carbonyl (C=O) groups is 1. The number of imidazole rings is 1. The number of esters is 1. The summed E-state index contributed by atoms with van der Waals surface area (Å²) in [6.07, 6.45) is 4.10. The predicted octanol–water partition coefficient (Wildman–Crippen LogP) is 0.681. The number of aromatic nitrogens is 4. The number of hydrogen-bond donors (Lipinski definition) is 1. The van der Waals surface area contributed by atoms with Gasteiger partial charge in [-0.1, -0.05) is 0 Å². The Balaban J connectivity index is 2.27. The number of rotatable bonds is 4. The van der Waals surface area contributed by atoms with Crippen molar-refractivity contribution in [2.75, 3.05) is 18.5 Å². The summed E-state index contributed by atoms with van der Waals surface area (Å²) in [6, 6.07) is 3.10. The molecule has 0 amide bonds. The number of nitrogens with zero attached hydrogens (tertiary/aromatic N) is 5. The number of aryl methyl sites for hydroxylation is 1. The largest absolute Gasteiger partial charge is 0.504 e. The van der Waals surface area contributed by atoms with E-state index in [0.29, 0.717) is 0 Å². The van der Waals surface area contributed by atoms with E-state index in [1.54, 1.807) is 13.1 Å². The average Bonchev–Trinajstić information content (AvgIpc) is 3.08. The van der Waals surface area contributed by atoms with Gasteiger partial charge in [0.05, 0.1) is 13.4 Å². The van der Waals surface area contributed by atoms with Gasteiger partial charge in [0.15, 0.2) is 22.3 Å². The van der Waals surface area contributed by atoms with E-state index in [4.69, 9.17) is 0 Å². The van der Waals surface area contributed by atoms with Crippen LogP contribution in [0.5, 0.6) is 5.75 Å². The fourth-order valence-corrected chi connectivity index (χ4v) is 3.49. The Labute approximate surface area is 148 Å². The molecule has 0 aliphatic rings. The maximum absolute atomic E-state index is 12.8. The van der Waals surface area contributed by atoms with Gasteiger partial charge >= 0.3 is 5.97 Å². The average molecular weight is 377 g/mol. The highest BCUT2D eigenvalue weighted by Gasteiger charge is 2.29. The molecule has 0 atom stereocenters. The summed E-state index contributed by atoms with van der Waals surface area (Å²) >= 11 is 0. The van der Waals surface area contributed by atoms with Gasteiger partial charge < -0.3 is 14.4 Å². The van der Waals surface area contributed by atoms with E-state index in [1.807, 2.05) is 0 Å². The first-order chi connectivity index (χ1) is 12.3. The lowest BCUT2D eigenvalue weighted by molar-refractivity contribution is 0.0591. The first kappa shape index (κ1) is 17.6. The minimum absolute atomic E-state index is 0.0287. The summed E-state index contributed by atoms with van der Waals surface area (Å²) in [5, 5.41) is 10.3. The lowest BCUT2D eigenvalue weighted by Crippen LogP contribution is -2.28. The zero-order valence-corrected chi connectivity index (χ0v) is 14.9. The van der Waals surface area contributed by atoms with Gasteiger partial charge in [-0.15, -0.1) is 0 Å². The third-order valence-electron chi connectivity index (χ3n) is 3.70. The number of carbonyl (C=O) groups excluding carboxylic acids is 1. The Morgan fingerprint density at radius 1 is 1.35 bits per heavy atom. The minimum atomic E-state index is -4.05. The van der Waals surface area contributed by atoms with Crippen molar-refractivity contribution in [1.29, 1.82) is 0 Å². The molecule has 136 valence electrons. The highest BCUT2D eigenvalue weighted by molar-refractivity contribution is 7.92. The van der Waals surface area contributed by atoms with Crippen molar-refractivity contribution in [2.24, 2.45) is 7.05 Å². The molecule has 0 fully saturated rings. The number of fused-ring (bicyclic) bond motifs is 1. The summed E-state index contributed by atoms with van der Waals surface area (Å²) in [5.74, 6) is -1.49. The van der Waals surface area contributed by atoms with E-state index in [1.165, 1.54) is 36.4 Å². The van der Waals surface area contributed by atoms with Crippen LogP contribution in [0, 0.1) is 0 Å². The normalized spacial score (nSPS) is 11.5. The standard InChI is InChI=1S/C15H15N5O5S/c1-19-7-10(17-8-19)26(23,24)20(2)14-9-5-4-6-16-11(9)13(21)12(18-14)15(22)25-3/h4-8,21H,1-3H3. The molecule has 10 nitrogen and oxygen atoms in total. The number of anilines is 1.